The van der Waals surface area contributed by atoms with E-state index >= 15 is 0 Å². The van der Waals surface area contributed by atoms with Crippen molar-refractivity contribution in [3.63, 3.8) is 0 Å². The lowest BCUT2D eigenvalue weighted by Crippen LogP contribution is -2.35. The summed E-state index contributed by atoms with van der Waals surface area (Å²) < 4.78 is 29.2. The first-order valence-electron chi connectivity index (χ1n) is 6.28. The van der Waals surface area contributed by atoms with Gasteiger partial charge in [-0.25, -0.2) is 18.1 Å². The van der Waals surface area contributed by atoms with Crippen molar-refractivity contribution in [2.24, 2.45) is 0 Å². The molecular weight excluding hydrogens is 276 g/mol. The maximum atomic E-state index is 12.4. The van der Waals surface area contributed by atoms with Gasteiger partial charge in [-0.3, -0.25) is 0 Å². The van der Waals surface area contributed by atoms with Crippen LogP contribution in [0.4, 0.5) is 5.69 Å². The molecule has 1 aromatic carbocycles. The summed E-state index contributed by atoms with van der Waals surface area (Å²) in [7, 11) is -1.85. The average molecular weight is 294 g/mol. The van der Waals surface area contributed by atoms with E-state index < -0.39 is 10.0 Å². The highest BCUT2D eigenvalue weighted by molar-refractivity contribution is 7.89. The zero-order valence-corrected chi connectivity index (χ0v) is 12.3. The van der Waals surface area contributed by atoms with Gasteiger partial charge in [0.15, 0.2) is 0 Å². The van der Waals surface area contributed by atoms with Gasteiger partial charge >= 0.3 is 0 Å². The quantitative estimate of drug-likeness (QED) is 0.842. The Bertz CT molecular complexity index is 653. The number of nitrogens with one attached hydrogen (secondary N) is 2. The van der Waals surface area contributed by atoms with Crippen molar-refractivity contribution in [2.75, 3.05) is 12.4 Å². The topological polar surface area (TPSA) is 76.0 Å². The van der Waals surface area contributed by atoms with Crippen LogP contribution in [0.15, 0.2) is 47.9 Å². The van der Waals surface area contributed by atoms with E-state index in [1.165, 1.54) is 0 Å². The molecule has 1 heterocycles. The number of nitrogens with zero attached hydrogens (tertiary/aromatic N) is 2. The molecule has 0 radical (unpaired) electrons. The summed E-state index contributed by atoms with van der Waals surface area (Å²) in [5.41, 5.74) is 0.579. The van der Waals surface area contributed by atoms with E-state index in [4.69, 9.17) is 0 Å². The predicted octanol–water partition coefficient (Wildman–Crippen LogP) is 1.29. The van der Waals surface area contributed by atoms with Crippen LogP contribution in [-0.2, 0) is 16.6 Å². The first-order valence-corrected chi connectivity index (χ1v) is 7.76. The van der Waals surface area contributed by atoms with Crippen molar-refractivity contribution in [1.29, 1.82) is 0 Å². The minimum absolute atomic E-state index is 0.237. The van der Waals surface area contributed by atoms with Gasteiger partial charge < -0.3 is 9.88 Å². The van der Waals surface area contributed by atoms with E-state index in [-0.39, 0.29) is 10.9 Å². The monoisotopic (exact) mass is 294 g/mol. The second-order valence-electron chi connectivity index (χ2n) is 4.53. The highest BCUT2D eigenvalue weighted by atomic mass is 32.2. The summed E-state index contributed by atoms with van der Waals surface area (Å²) >= 11 is 0. The Morgan fingerprint density at radius 2 is 2.10 bits per heavy atom. The van der Waals surface area contributed by atoms with Gasteiger partial charge in [0, 0.05) is 32.0 Å². The summed E-state index contributed by atoms with van der Waals surface area (Å²) in [6.45, 7) is 2.35. The summed E-state index contributed by atoms with van der Waals surface area (Å²) in [6.07, 6.45) is 5.12. The summed E-state index contributed by atoms with van der Waals surface area (Å²) in [5, 5.41) is 2.89. The summed E-state index contributed by atoms with van der Waals surface area (Å²) in [4.78, 5) is 4.18. The van der Waals surface area contributed by atoms with E-state index in [9.17, 15) is 8.42 Å². The first kappa shape index (κ1) is 14.5. The van der Waals surface area contributed by atoms with Crippen molar-refractivity contribution in [1.82, 2.24) is 14.3 Å². The number of hydrogen-bond donors (Lipinski definition) is 2. The third-order valence-electron chi connectivity index (χ3n) is 2.85. The van der Waals surface area contributed by atoms with Gasteiger partial charge in [-0.1, -0.05) is 12.1 Å². The zero-order valence-electron chi connectivity index (χ0n) is 11.4. The van der Waals surface area contributed by atoms with Gasteiger partial charge in [-0.05, 0) is 19.1 Å². The van der Waals surface area contributed by atoms with E-state index in [1.807, 2.05) is 11.5 Å². The lowest BCUT2D eigenvalue weighted by atomic mass is 10.3. The molecule has 0 saturated carbocycles. The fourth-order valence-corrected chi connectivity index (χ4v) is 3.43. The van der Waals surface area contributed by atoms with E-state index in [0.29, 0.717) is 12.2 Å². The summed E-state index contributed by atoms with van der Waals surface area (Å²) in [5.74, 6) is 0. The molecule has 1 aromatic heterocycles. The van der Waals surface area contributed by atoms with Crippen molar-refractivity contribution in [2.45, 2.75) is 24.4 Å². The average Bonchev–Trinajstić information content (AvgIpc) is 2.90. The van der Waals surface area contributed by atoms with Gasteiger partial charge in [0.1, 0.15) is 4.90 Å². The van der Waals surface area contributed by atoms with Crippen LogP contribution in [0.25, 0.3) is 0 Å². The van der Waals surface area contributed by atoms with Gasteiger partial charge in [0.05, 0.1) is 12.0 Å². The Balaban J connectivity index is 2.14. The summed E-state index contributed by atoms with van der Waals surface area (Å²) in [6, 6.07) is 6.57. The molecule has 1 atom stereocenters. The van der Waals surface area contributed by atoms with Gasteiger partial charge in [-0.15, -0.1) is 0 Å². The van der Waals surface area contributed by atoms with Crippen LogP contribution in [0.1, 0.15) is 6.92 Å². The highest BCUT2D eigenvalue weighted by Crippen LogP contribution is 2.20. The Labute approximate surface area is 118 Å². The molecular formula is C13H18N4O2S. The second-order valence-corrected chi connectivity index (χ2v) is 6.21. The molecule has 2 rings (SSSR count). The minimum Gasteiger partial charge on any atom is -0.387 e. The van der Waals surface area contributed by atoms with Crippen LogP contribution in [0.2, 0.25) is 0 Å². The van der Waals surface area contributed by atoms with Crippen LogP contribution in [0.3, 0.4) is 0 Å². The van der Waals surface area contributed by atoms with Crippen LogP contribution < -0.4 is 10.0 Å². The molecule has 1 unspecified atom stereocenters. The lowest BCUT2D eigenvalue weighted by molar-refractivity contribution is 0.520. The molecule has 2 N–H and O–H groups in total. The molecule has 0 aliphatic rings. The predicted molar refractivity (Wildman–Crippen MR) is 78.0 cm³/mol. The molecule has 0 spiro atoms. The van der Waals surface area contributed by atoms with Crippen LogP contribution >= 0.6 is 0 Å². The molecule has 108 valence electrons. The maximum absolute atomic E-state index is 12.4. The molecule has 6 nitrogen and oxygen atoms in total. The van der Waals surface area contributed by atoms with Crippen molar-refractivity contribution >= 4 is 15.7 Å². The number of anilines is 1. The van der Waals surface area contributed by atoms with Gasteiger partial charge in [0.2, 0.25) is 10.0 Å². The molecule has 0 saturated heterocycles. The molecule has 0 bridgehead atoms. The van der Waals surface area contributed by atoms with Gasteiger partial charge in [-0.2, -0.15) is 0 Å². The third kappa shape index (κ3) is 3.37. The van der Waals surface area contributed by atoms with Crippen LogP contribution in [0.5, 0.6) is 0 Å². The van der Waals surface area contributed by atoms with Crippen LogP contribution in [-0.4, -0.2) is 31.1 Å². The maximum Gasteiger partial charge on any atom is 0.242 e. The smallest absolute Gasteiger partial charge is 0.242 e. The number of aromatic nitrogens is 2. The molecule has 7 heteroatoms. The number of rotatable bonds is 6. The largest absolute Gasteiger partial charge is 0.387 e. The molecule has 0 aliphatic heterocycles. The van der Waals surface area contributed by atoms with Crippen molar-refractivity contribution in [3.8, 4) is 0 Å². The SMILES string of the molecule is CNc1ccccc1S(=O)(=O)NC(C)Cn1ccnc1. The number of hydrogen-bond acceptors (Lipinski definition) is 4. The highest BCUT2D eigenvalue weighted by Gasteiger charge is 2.20. The fraction of sp³-hybridized carbons (Fsp3) is 0.308. The van der Waals surface area contributed by atoms with Crippen LogP contribution in [0, 0.1) is 0 Å². The third-order valence-corrected chi connectivity index (χ3v) is 4.49. The molecule has 0 fully saturated rings. The number of benzene rings is 1. The number of imidazole rings is 1. The minimum atomic E-state index is -3.55. The molecule has 0 aliphatic carbocycles. The Hall–Kier alpha value is -1.86. The van der Waals surface area contributed by atoms with E-state index in [0.717, 1.165) is 0 Å². The van der Waals surface area contributed by atoms with Crippen molar-refractivity contribution in [3.05, 3.63) is 43.0 Å². The Morgan fingerprint density at radius 3 is 2.75 bits per heavy atom. The second kappa shape index (κ2) is 6.06. The van der Waals surface area contributed by atoms with E-state index in [2.05, 4.69) is 15.0 Å². The molecule has 2 aromatic rings. The lowest BCUT2D eigenvalue weighted by Gasteiger charge is -2.16. The standard InChI is InChI=1S/C13H18N4O2S/c1-11(9-17-8-7-15-10-17)16-20(18,19)13-6-4-3-5-12(13)14-2/h3-8,10-11,14,16H,9H2,1-2H3. The van der Waals surface area contributed by atoms with Crippen molar-refractivity contribution < 1.29 is 8.42 Å². The number of sulfonamides is 1. The normalized spacial score (nSPS) is 13.1. The van der Waals surface area contributed by atoms with Gasteiger partial charge in [0.25, 0.3) is 0 Å². The first-order chi connectivity index (χ1) is 9.53. The van der Waals surface area contributed by atoms with E-state index in [1.54, 1.807) is 50.0 Å². The number of para-hydroxylation sites is 1. The molecule has 20 heavy (non-hydrogen) atoms. The molecule has 0 amide bonds. The zero-order chi connectivity index (χ0) is 14.6. The Kier molecular flexibility index (Phi) is 4.41. The Morgan fingerprint density at radius 1 is 1.35 bits per heavy atom. The fourth-order valence-electron chi connectivity index (χ4n) is 1.98.